The van der Waals surface area contributed by atoms with Crippen molar-refractivity contribution in [1.82, 2.24) is 25.2 Å². The molecule has 0 bridgehead atoms. The van der Waals surface area contributed by atoms with Crippen molar-refractivity contribution >= 4 is 18.3 Å². The van der Waals surface area contributed by atoms with E-state index in [0.717, 1.165) is 58.2 Å². The molecule has 6 nitrogen and oxygen atoms in total. The van der Waals surface area contributed by atoms with Crippen LogP contribution in [-0.2, 0) is 0 Å². The second-order valence-electron chi connectivity index (χ2n) is 6.50. The highest BCUT2D eigenvalue weighted by Gasteiger charge is 2.29. The predicted molar refractivity (Wildman–Crippen MR) is 92.0 cm³/mol. The van der Waals surface area contributed by atoms with E-state index in [-0.39, 0.29) is 18.3 Å². The van der Waals surface area contributed by atoms with Gasteiger partial charge < -0.3 is 10.2 Å². The first-order valence-corrected chi connectivity index (χ1v) is 8.73. The number of nitrogens with zero attached hydrogens (tertiary/aromatic N) is 4. The maximum Gasteiger partial charge on any atom is 0.276 e. The van der Waals surface area contributed by atoms with Crippen molar-refractivity contribution in [1.29, 1.82) is 0 Å². The van der Waals surface area contributed by atoms with E-state index in [2.05, 4.69) is 22.6 Å². The Balaban J connectivity index is 0.00000192. The van der Waals surface area contributed by atoms with Crippen LogP contribution in [0.3, 0.4) is 0 Å². The number of piperidine rings is 2. The Hall–Kier alpha value is -1.14. The van der Waals surface area contributed by atoms with Gasteiger partial charge in [0.1, 0.15) is 0 Å². The third kappa shape index (κ3) is 4.23. The van der Waals surface area contributed by atoms with Gasteiger partial charge in [-0.05, 0) is 51.6 Å². The van der Waals surface area contributed by atoms with Crippen LogP contribution >= 0.6 is 12.4 Å². The highest BCUT2D eigenvalue weighted by molar-refractivity contribution is 5.92. The number of hydrogen-bond acceptors (Lipinski definition) is 4. The van der Waals surface area contributed by atoms with Crippen molar-refractivity contribution < 1.29 is 4.79 Å². The fourth-order valence-electron chi connectivity index (χ4n) is 3.67. The van der Waals surface area contributed by atoms with Gasteiger partial charge in [0.05, 0.1) is 12.2 Å². The van der Waals surface area contributed by atoms with E-state index in [4.69, 9.17) is 0 Å². The minimum Gasteiger partial charge on any atom is -0.334 e. The molecule has 1 N–H and O–H groups in total. The molecule has 1 amide bonds. The van der Waals surface area contributed by atoms with Crippen LogP contribution < -0.4 is 5.32 Å². The molecule has 23 heavy (non-hydrogen) atoms. The number of rotatable bonds is 4. The number of carbonyl (C=O) groups excluding carboxylic acids is 1. The summed E-state index contributed by atoms with van der Waals surface area (Å²) >= 11 is 0. The van der Waals surface area contributed by atoms with Crippen LogP contribution in [0.1, 0.15) is 68.4 Å². The molecule has 0 aliphatic carbocycles. The van der Waals surface area contributed by atoms with E-state index < -0.39 is 0 Å². The molecule has 1 aromatic rings. The second-order valence-corrected chi connectivity index (χ2v) is 6.50. The summed E-state index contributed by atoms with van der Waals surface area (Å²) in [5, 5.41) is 11.7. The second kappa shape index (κ2) is 8.64. The molecule has 1 atom stereocenters. The Morgan fingerprint density at radius 3 is 2.83 bits per heavy atom. The van der Waals surface area contributed by atoms with Crippen molar-refractivity contribution in [3.63, 3.8) is 0 Å². The fraction of sp³-hybridized carbons (Fsp3) is 0.812. The van der Waals surface area contributed by atoms with Crippen LogP contribution in [0.4, 0.5) is 0 Å². The Kier molecular flexibility index (Phi) is 6.84. The van der Waals surface area contributed by atoms with Gasteiger partial charge in [-0.2, -0.15) is 0 Å². The minimum atomic E-state index is 0. The monoisotopic (exact) mass is 341 g/mol. The molecular weight excluding hydrogens is 314 g/mol. The number of carbonyl (C=O) groups is 1. The normalized spacial score (nSPS) is 22.7. The van der Waals surface area contributed by atoms with Gasteiger partial charge in [-0.15, -0.1) is 17.5 Å². The minimum absolute atomic E-state index is 0. The molecule has 3 heterocycles. The average molecular weight is 342 g/mol. The predicted octanol–water partition coefficient (Wildman–Crippen LogP) is 2.42. The standard InChI is InChI=1S/C16H27N5O.ClH/c1-2-5-13-6-3-4-11-20(13)16(22)15-12-21(19-18-15)14-7-9-17-10-8-14;/h12-14,17H,2-11H2,1H3;1H. The third-order valence-electron chi connectivity index (χ3n) is 4.92. The van der Waals surface area contributed by atoms with Gasteiger partial charge >= 0.3 is 0 Å². The van der Waals surface area contributed by atoms with Gasteiger partial charge in [0.2, 0.25) is 0 Å². The Morgan fingerprint density at radius 2 is 2.09 bits per heavy atom. The van der Waals surface area contributed by atoms with Crippen molar-refractivity contribution in [2.24, 2.45) is 0 Å². The summed E-state index contributed by atoms with van der Waals surface area (Å²) in [7, 11) is 0. The van der Waals surface area contributed by atoms with Crippen LogP contribution in [0, 0.1) is 0 Å². The van der Waals surface area contributed by atoms with Crippen LogP contribution in [0.5, 0.6) is 0 Å². The maximum atomic E-state index is 12.8. The molecule has 3 rings (SSSR count). The van der Waals surface area contributed by atoms with Gasteiger partial charge in [-0.1, -0.05) is 18.6 Å². The van der Waals surface area contributed by atoms with Crippen molar-refractivity contribution in [2.75, 3.05) is 19.6 Å². The molecule has 0 aromatic carbocycles. The first-order chi connectivity index (χ1) is 10.8. The van der Waals surface area contributed by atoms with Gasteiger partial charge in [-0.3, -0.25) is 4.79 Å². The Labute approximate surface area is 144 Å². The number of aromatic nitrogens is 3. The number of nitrogens with one attached hydrogen (secondary N) is 1. The fourth-order valence-corrected chi connectivity index (χ4v) is 3.67. The number of halogens is 1. The maximum absolute atomic E-state index is 12.8. The lowest BCUT2D eigenvalue weighted by Crippen LogP contribution is -2.43. The van der Waals surface area contributed by atoms with E-state index in [0.29, 0.717) is 17.8 Å². The van der Waals surface area contributed by atoms with Crippen molar-refractivity contribution in [2.45, 2.75) is 64.0 Å². The lowest BCUT2D eigenvalue weighted by atomic mass is 9.98. The molecule has 1 unspecified atom stereocenters. The Morgan fingerprint density at radius 1 is 1.30 bits per heavy atom. The smallest absolute Gasteiger partial charge is 0.276 e. The zero-order chi connectivity index (χ0) is 15.4. The molecule has 0 saturated carbocycles. The van der Waals surface area contributed by atoms with Crippen molar-refractivity contribution in [3.8, 4) is 0 Å². The van der Waals surface area contributed by atoms with Gasteiger partial charge in [-0.25, -0.2) is 4.68 Å². The molecule has 2 fully saturated rings. The van der Waals surface area contributed by atoms with E-state index in [1.807, 2.05) is 15.8 Å². The molecule has 130 valence electrons. The zero-order valence-corrected chi connectivity index (χ0v) is 14.7. The summed E-state index contributed by atoms with van der Waals surface area (Å²) in [5.41, 5.74) is 0.515. The molecule has 0 spiro atoms. The van der Waals surface area contributed by atoms with Gasteiger partial charge in [0.25, 0.3) is 5.91 Å². The van der Waals surface area contributed by atoms with Crippen LogP contribution in [0.2, 0.25) is 0 Å². The van der Waals surface area contributed by atoms with Gasteiger partial charge in [0.15, 0.2) is 5.69 Å². The molecule has 7 heteroatoms. The van der Waals surface area contributed by atoms with Gasteiger partial charge in [0, 0.05) is 12.6 Å². The quantitative estimate of drug-likeness (QED) is 0.913. The van der Waals surface area contributed by atoms with E-state index in [1.165, 1.54) is 6.42 Å². The highest BCUT2D eigenvalue weighted by atomic mass is 35.5. The number of hydrogen-bond donors (Lipinski definition) is 1. The summed E-state index contributed by atoms with van der Waals surface area (Å²) in [5.74, 6) is 0.0679. The Bertz CT molecular complexity index is 498. The highest BCUT2D eigenvalue weighted by Crippen LogP contribution is 2.23. The molecule has 2 saturated heterocycles. The van der Waals surface area contributed by atoms with Crippen LogP contribution in [0.25, 0.3) is 0 Å². The van der Waals surface area contributed by atoms with E-state index in [1.54, 1.807) is 0 Å². The number of amides is 1. The average Bonchev–Trinajstić information content (AvgIpc) is 3.06. The summed E-state index contributed by atoms with van der Waals surface area (Å²) in [6.45, 7) is 5.07. The topological polar surface area (TPSA) is 63.1 Å². The molecular formula is C16H28ClN5O. The summed E-state index contributed by atoms with van der Waals surface area (Å²) < 4.78 is 1.90. The summed E-state index contributed by atoms with van der Waals surface area (Å²) in [6.07, 6.45) is 9.64. The summed E-state index contributed by atoms with van der Waals surface area (Å²) in [6, 6.07) is 0.762. The van der Waals surface area contributed by atoms with Crippen LogP contribution in [-0.4, -0.2) is 51.5 Å². The molecule has 0 radical (unpaired) electrons. The molecule has 2 aliphatic heterocycles. The zero-order valence-electron chi connectivity index (χ0n) is 13.9. The molecule has 2 aliphatic rings. The number of likely N-dealkylation sites (tertiary alicyclic amines) is 1. The third-order valence-corrected chi connectivity index (χ3v) is 4.92. The summed E-state index contributed by atoms with van der Waals surface area (Å²) in [4.78, 5) is 14.8. The lowest BCUT2D eigenvalue weighted by Gasteiger charge is -2.35. The first-order valence-electron chi connectivity index (χ1n) is 8.73. The molecule has 1 aromatic heterocycles. The van der Waals surface area contributed by atoms with E-state index in [9.17, 15) is 4.79 Å². The largest absolute Gasteiger partial charge is 0.334 e. The first kappa shape index (κ1) is 18.2. The van der Waals surface area contributed by atoms with E-state index >= 15 is 0 Å². The lowest BCUT2D eigenvalue weighted by molar-refractivity contribution is 0.0594. The SMILES string of the molecule is CCCC1CCCCN1C(=O)c1cn(C2CCNCC2)nn1.Cl. The van der Waals surface area contributed by atoms with Crippen LogP contribution in [0.15, 0.2) is 6.20 Å². The van der Waals surface area contributed by atoms with Crippen molar-refractivity contribution in [3.05, 3.63) is 11.9 Å².